The number of methoxy groups -OCH3 is 1. The van der Waals surface area contributed by atoms with Crippen LogP contribution in [0.25, 0.3) is 0 Å². The largest absolute Gasteiger partial charge is 0.469 e. The molecule has 4 nitrogen and oxygen atoms in total. The first-order valence-corrected chi connectivity index (χ1v) is 7.75. The summed E-state index contributed by atoms with van der Waals surface area (Å²) >= 11 is 5.89. The fourth-order valence-electron chi connectivity index (χ4n) is 2.52. The van der Waals surface area contributed by atoms with Crippen LogP contribution in [0.2, 0.25) is 5.02 Å². The smallest absolute Gasteiger partial charge is 0.307 e. The Kier molecular flexibility index (Phi) is 6.01. The van der Waals surface area contributed by atoms with Crippen LogP contribution in [-0.4, -0.2) is 19.0 Å². The lowest BCUT2D eigenvalue weighted by molar-refractivity contribution is -0.141. The normalized spacial score (nSPS) is 18.5. The molecule has 1 aromatic rings. The zero-order chi connectivity index (χ0) is 15.9. The lowest BCUT2D eigenvalue weighted by Crippen LogP contribution is -2.35. The second-order valence-corrected chi connectivity index (χ2v) is 5.81. The molecule has 118 valence electrons. The highest BCUT2D eigenvalue weighted by Crippen LogP contribution is 2.23. The Bertz CT molecular complexity index is 554. The number of carbonyl (C=O) groups is 2. The molecule has 5 heteroatoms. The summed E-state index contributed by atoms with van der Waals surface area (Å²) < 4.78 is 4.73. The molecule has 1 amide bonds. The Morgan fingerprint density at radius 2 is 2.05 bits per heavy atom. The first-order chi connectivity index (χ1) is 10.6. The number of hydrogen-bond acceptors (Lipinski definition) is 3. The van der Waals surface area contributed by atoms with Crippen molar-refractivity contribution in [2.75, 3.05) is 7.11 Å². The summed E-state index contributed by atoms with van der Waals surface area (Å²) in [6.07, 6.45) is 6.73. The van der Waals surface area contributed by atoms with Crippen molar-refractivity contribution in [2.24, 2.45) is 5.92 Å². The maximum atomic E-state index is 12.4. The van der Waals surface area contributed by atoms with Crippen LogP contribution >= 0.6 is 11.6 Å². The monoisotopic (exact) mass is 321 g/mol. The molecule has 0 saturated carbocycles. The van der Waals surface area contributed by atoms with Crippen LogP contribution in [0.3, 0.4) is 0 Å². The number of hydrogen-bond donors (Lipinski definition) is 1. The molecule has 2 rings (SSSR count). The van der Waals surface area contributed by atoms with Crippen molar-refractivity contribution in [2.45, 2.75) is 31.7 Å². The van der Waals surface area contributed by atoms with Gasteiger partial charge in [-0.15, -0.1) is 0 Å². The fraction of sp³-hybridized carbons (Fsp3) is 0.412. The zero-order valence-corrected chi connectivity index (χ0v) is 13.3. The van der Waals surface area contributed by atoms with Gasteiger partial charge in [0, 0.05) is 10.9 Å². The molecule has 0 unspecified atom stereocenters. The molecule has 0 spiro atoms. The van der Waals surface area contributed by atoms with Gasteiger partial charge in [0.25, 0.3) is 0 Å². The summed E-state index contributed by atoms with van der Waals surface area (Å²) in [5.41, 5.74) is 0.842. The molecule has 0 saturated heterocycles. The van der Waals surface area contributed by atoms with Crippen LogP contribution in [0.15, 0.2) is 36.4 Å². The lowest BCUT2D eigenvalue weighted by atomic mass is 9.92. The number of allylic oxidation sites excluding steroid dienone is 2. The van der Waals surface area contributed by atoms with Crippen LogP contribution < -0.4 is 5.32 Å². The van der Waals surface area contributed by atoms with E-state index in [0.717, 1.165) is 24.8 Å². The molecule has 22 heavy (non-hydrogen) atoms. The van der Waals surface area contributed by atoms with Crippen molar-refractivity contribution >= 4 is 23.5 Å². The van der Waals surface area contributed by atoms with E-state index in [2.05, 4.69) is 11.4 Å². The van der Waals surface area contributed by atoms with Crippen LogP contribution in [-0.2, 0) is 14.3 Å². The molecule has 2 atom stereocenters. The SMILES string of the molecule is COC(=O)C[C@H](NC(=O)[C@@H]1CC=CCC1)c1ccc(Cl)cc1. The third kappa shape index (κ3) is 4.60. The molecule has 1 N–H and O–H groups in total. The summed E-state index contributed by atoms with van der Waals surface area (Å²) in [4.78, 5) is 24.0. The Morgan fingerprint density at radius 3 is 2.64 bits per heavy atom. The average molecular weight is 322 g/mol. The quantitative estimate of drug-likeness (QED) is 0.668. The standard InChI is InChI=1S/C17H20ClNO3/c1-22-16(20)11-15(12-7-9-14(18)10-8-12)19-17(21)13-5-3-2-4-6-13/h2-3,7-10,13,15H,4-6,11H2,1H3,(H,19,21)/t13-,15+/m1/s1. The van der Waals surface area contributed by atoms with Crippen molar-refractivity contribution in [1.82, 2.24) is 5.32 Å². The highest BCUT2D eigenvalue weighted by atomic mass is 35.5. The van der Waals surface area contributed by atoms with E-state index in [1.165, 1.54) is 7.11 Å². The van der Waals surface area contributed by atoms with Gasteiger partial charge in [0.1, 0.15) is 0 Å². The number of halogens is 1. The van der Waals surface area contributed by atoms with Gasteiger partial charge in [0.05, 0.1) is 19.6 Å². The Hall–Kier alpha value is -1.81. The van der Waals surface area contributed by atoms with Crippen LogP contribution in [0.4, 0.5) is 0 Å². The van der Waals surface area contributed by atoms with Gasteiger partial charge in [0.15, 0.2) is 0 Å². The third-order valence-corrected chi connectivity index (χ3v) is 4.08. The van der Waals surface area contributed by atoms with E-state index < -0.39 is 6.04 Å². The first kappa shape index (κ1) is 16.6. The molecule has 1 aromatic carbocycles. The van der Waals surface area contributed by atoms with Gasteiger partial charge in [-0.1, -0.05) is 35.9 Å². The predicted molar refractivity (Wildman–Crippen MR) is 85.4 cm³/mol. The van der Waals surface area contributed by atoms with E-state index in [1.807, 2.05) is 18.2 Å². The topological polar surface area (TPSA) is 55.4 Å². The number of ether oxygens (including phenoxy) is 1. The third-order valence-electron chi connectivity index (χ3n) is 3.83. The van der Waals surface area contributed by atoms with E-state index in [9.17, 15) is 9.59 Å². The molecule has 0 fully saturated rings. The van der Waals surface area contributed by atoms with E-state index in [-0.39, 0.29) is 24.2 Å². The number of benzene rings is 1. The minimum atomic E-state index is -0.400. The summed E-state index contributed by atoms with van der Waals surface area (Å²) in [6, 6.07) is 6.73. The van der Waals surface area contributed by atoms with E-state index in [4.69, 9.17) is 16.3 Å². The predicted octanol–water partition coefficient (Wildman–Crippen LogP) is 3.42. The van der Waals surface area contributed by atoms with Gasteiger partial charge < -0.3 is 10.1 Å². The van der Waals surface area contributed by atoms with E-state index >= 15 is 0 Å². The minimum Gasteiger partial charge on any atom is -0.469 e. The first-order valence-electron chi connectivity index (χ1n) is 7.38. The zero-order valence-electron chi connectivity index (χ0n) is 12.5. The van der Waals surface area contributed by atoms with Gasteiger partial charge in [0.2, 0.25) is 5.91 Å². The lowest BCUT2D eigenvalue weighted by Gasteiger charge is -2.23. The number of amides is 1. The van der Waals surface area contributed by atoms with Crippen molar-refractivity contribution in [3.63, 3.8) is 0 Å². The van der Waals surface area contributed by atoms with Crippen molar-refractivity contribution in [1.29, 1.82) is 0 Å². The Labute approximate surface area is 135 Å². The highest BCUT2D eigenvalue weighted by Gasteiger charge is 2.24. The molecule has 1 aliphatic rings. The van der Waals surface area contributed by atoms with Crippen molar-refractivity contribution in [3.05, 3.63) is 47.0 Å². The second kappa shape index (κ2) is 7.99. The molecular weight excluding hydrogens is 302 g/mol. The summed E-state index contributed by atoms with van der Waals surface area (Å²) in [5.74, 6) is -0.408. The summed E-state index contributed by atoms with van der Waals surface area (Å²) in [5, 5.41) is 3.59. The van der Waals surface area contributed by atoms with Crippen LogP contribution in [0, 0.1) is 5.92 Å². The summed E-state index contributed by atoms with van der Waals surface area (Å²) in [6.45, 7) is 0. The number of rotatable bonds is 5. The number of carbonyl (C=O) groups excluding carboxylic acids is 2. The van der Waals surface area contributed by atoms with Gasteiger partial charge in [-0.2, -0.15) is 0 Å². The minimum absolute atomic E-state index is 0.0202. The summed E-state index contributed by atoms with van der Waals surface area (Å²) in [7, 11) is 1.34. The van der Waals surface area contributed by atoms with Gasteiger partial charge in [-0.25, -0.2) is 0 Å². The fourth-order valence-corrected chi connectivity index (χ4v) is 2.64. The molecule has 0 aromatic heterocycles. The van der Waals surface area contributed by atoms with Crippen LogP contribution in [0.1, 0.15) is 37.3 Å². The molecule has 0 bridgehead atoms. The van der Waals surface area contributed by atoms with E-state index in [1.54, 1.807) is 12.1 Å². The molecule has 1 aliphatic carbocycles. The maximum Gasteiger partial charge on any atom is 0.307 e. The number of nitrogens with one attached hydrogen (secondary N) is 1. The number of esters is 1. The average Bonchev–Trinajstić information content (AvgIpc) is 2.55. The van der Waals surface area contributed by atoms with Crippen molar-refractivity contribution in [3.8, 4) is 0 Å². The molecule has 0 aliphatic heterocycles. The molecule has 0 heterocycles. The Morgan fingerprint density at radius 1 is 1.32 bits per heavy atom. The van der Waals surface area contributed by atoms with E-state index in [0.29, 0.717) is 5.02 Å². The maximum absolute atomic E-state index is 12.4. The van der Waals surface area contributed by atoms with Gasteiger partial charge in [-0.3, -0.25) is 9.59 Å². The van der Waals surface area contributed by atoms with Crippen LogP contribution in [0.5, 0.6) is 0 Å². The highest BCUT2D eigenvalue weighted by molar-refractivity contribution is 6.30. The van der Waals surface area contributed by atoms with Gasteiger partial charge >= 0.3 is 5.97 Å². The van der Waals surface area contributed by atoms with Crippen molar-refractivity contribution < 1.29 is 14.3 Å². The van der Waals surface area contributed by atoms with Gasteiger partial charge in [-0.05, 0) is 37.0 Å². The Balaban J connectivity index is 2.09. The molecule has 0 radical (unpaired) electrons. The molecular formula is C17H20ClNO3. The second-order valence-electron chi connectivity index (χ2n) is 5.37.